The van der Waals surface area contributed by atoms with E-state index in [-0.39, 0.29) is 36.4 Å². The average Bonchev–Trinajstić information content (AvgIpc) is 1.46. The van der Waals surface area contributed by atoms with Crippen LogP contribution in [0.2, 0.25) is 0 Å². The molecule has 0 bridgehead atoms. The van der Waals surface area contributed by atoms with Gasteiger partial charge in [-0.05, 0) is 95.0 Å². The third-order valence-corrected chi connectivity index (χ3v) is 21.3. The molecule has 0 aromatic heterocycles. The summed E-state index contributed by atoms with van der Waals surface area (Å²) in [5, 5.41) is 122. The van der Waals surface area contributed by atoms with Crippen molar-refractivity contribution in [2.45, 2.75) is 254 Å². The van der Waals surface area contributed by atoms with E-state index in [2.05, 4.69) is 33.8 Å². The number of rotatable bonds is 15. The Morgan fingerprint density at radius 2 is 1.27 bits per heavy atom. The first kappa shape index (κ1) is 66.2. The summed E-state index contributed by atoms with van der Waals surface area (Å²) >= 11 is 0. The van der Waals surface area contributed by atoms with Gasteiger partial charge in [-0.25, -0.2) is 0 Å². The molecular weight excluding hydrogens is 1140 g/mol. The van der Waals surface area contributed by atoms with Gasteiger partial charge < -0.3 is 118 Å². The van der Waals surface area contributed by atoms with E-state index in [9.17, 15) is 65.8 Å². The van der Waals surface area contributed by atoms with Crippen LogP contribution in [0.4, 0.5) is 0 Å². The normalized spacial score (nSPS) is 51.8. The molecular formula is C60H92O26. The molecule has 0 aromatic rings. The third kappa shape index (κ3) is 11.3. The molecule has 6 aliphatic heterocycles. The monoisotopic (exact) mass is 1230 g/mol. The van der Waals surface area contributed by atoms with Crippen LogP contribution in [0, 0.1) is 39.4 Å². The maximum atomic E-state index is 14.7. The van der Waals surface area contributed by atoms with Crippen molar-refractivity contribution in [1.82, 2.24) is 0 Å². The lowest BCUT2D eigenvalue weighted by molar-refractivity contribution is -0.402. The molecule has 6 heterocycles. The average molecular weight is 1230 g/mol. The Balaban J connectivity index is 0.889. The molecule has 86 heavy (non-hydrogen) atoms. The van der Waals surface area contributed by atoms with Crippen molar-refractivity contribution in [3.05, 3.63) is 35.5 Å². The molecule has 9 fully saturated rings. The molecule has 10 aliphatic rings. The number of aliphatic hydroxyl groups is 11. The second kappa shape index (κ2) is 25.1. The van der Waals surface area contributed by atoms with Gasteiger partial charge in [-0.15, -0.1) is 0 Å². The fourth-order valence-corrected chi connectivity index (χ4v) is 16.9. The van der Waals surface area contributed by atoms with Gasteiger partial charge >= 0.3 is 11.9 Å². The van der Waals surface area contributed by atoms with E-state index in [4.69, 9.17) is 61.6 Å². The number of carbonyl (C=O) groups is 2. The zero-order valence-electron chi connectivity index (χ0n) is 50.5. The second-order valence-corrected chi connectivity index (χ2v) is 27.1. The lowest BCUT2D eigenvalue weighted by Crippen LogP contribution is -2.67. The zero-order valence-corrected chi connectivity index (χ0v) is 50.5. The molecule has 0 radical (unpaired) electrons. The quantitative estimate of drug-likeness (QED) is 0.0534. The molecule has 1 spiro atoms. The fraction of sp³-hybridized carbons (Fsp3) is 0.867. The van der Waals surface area contributed by atoms with Crippen LogP contribution in [0.5, 0.6) is 0 Å². The van der Waals surface area contributed by atoms with E-state index in [1.165, 1.54) is 26.5 Å². The first-order chi connectivity index (χ1) is 40.5. The van der Waals surface area contributed by atoms with Crippen molar-refractivity contribution in [3.8, 4) is 0 Å². The molecule has 31 atom stereocenters. The highest BCUT2D eigenvalue weighted by molar-refractivity contribution is 5.84. The number of cyclic esters (lactones) is 1. The summed E-state index contributed by atoms with van der Waals surface area (Å²) in [5.74, 6) is -1.08. The van der Waals surface area contributed by atoms with Crippen molar-refractivity contribution in [2.75, 3.05) is 33.5 Å². The molecule has 4 aliphatic carbocycles. The Morgan fingerprint density at radius 1 is 0.663 bits per heavy atom. The number of aliphatic hydroxyl groups excluding tert-OH is 11. The Bertz CT molecular complexity index is 2510. The summed E-state index contributed by atoms with van der Waals surface area (Å²) in [6.07, 6.45) is -25.2. The number of allylic oxidation sites excluding steroid dienone is 5. The minimum Gasteiger partial charge on any atom is -0.462 e. The number of carbonyl (C=O) groups excluding carboxylic acids is 2. The van der Waals surface area contributed by atoms with Gasteiger partial charge in [0.25, 0.3) is 0 Å². The maximum Gasteiger partial charge on any atom is 0.314 e. The van der Waals surface area contributed by atoms with Gasteiger partial charge in [0.15, 0.2) is 31.5 Å². The van der Waals surface area contributed by atoms with Crippen molar-refractivity contribution < 1.29 is 127 Å². The van der Waals surface area contributed by atoms with Crippen molar-refractivity contribution in [3.63, 3.8) is 0 Å². The summed E-state index contributed by atoms with van der Waals surface area (Å²) in [6.45, 7) is 15.4. The zero-order chi connectivity index (χ0) is 62.5. The highest BCUT2D eigenvalue weighted by Gasteiger charge is 2.79. The van der Waals surface area contributed by atoms with Crippen LogP contribution in [0.3, 0.4) is 0 Å². The summed E-state index contributed by atoms with van der Waals surface area (Å²) < 4.78 is 78.9. The lowest BCUT2D eigenvalue weighted by atomic mass is 9.41. The molecule has 6 saturated heterocycles. The van der Waals surface area contributed by atoms with Crippen molar-refractivity contribution >= 4 is 11.9 Å². The van der Waals surface area contributed by atoms with Crippen LogP contribution in [0.1, 0.15) is 101 Å². The second-order valence-electron chi connectivity index (χ2n) is 27.1. The Morgan fingerprint density at radius 3 is 1.93 bits per heavy atom. The van der Waals surface area contributed by atoms with Gasteiger partial charge in [0.1, 0.15) is 109 Å². The highest BCUT2D eigenvalue weighted by atomic mass is 16.8. The summed E-state index contributed by atoms with van der Waals surface area (Å²) in [7, 11) is 1.25. The minimum absolute atomic E-state index is 0.00437. The number of fused-ring (bicyclic) bond motifs is 4. The minimum atomic E-state index is -1.93. The van der Waals surface area contributed by atoms with E-state index >= 15 is 0 Å². The van der Waals surface area contributed by atoms with Gasteiger partial charge in [0, 0.05) is 19.4 Å². The molecule has 488 valence electrons. The van der Waals surface area contributed by atoms with Crippen LogP contribution >= 0.6 is 0 Å². The summed E-state index contributed by atoms with van der Waals surface area (Å²) in [6, 6.07) is 0. The molecule has 0 amide bonds. The van der Waals surface area contributed by atoms with Gasteiger partial charge in [-0.3, -0.25) is 9.59 Å². The van der Waals surface area contributed by atoms with E-state index in [0.29, 0.717) is 38.5 Å². The van der Waals surface area contributed by atoms with Crippen LogP contribution in [-0.4, -0.2) is 255 Å². The number of ether oxygens (including phenoxy) is 13. The Hall–Kier alpha value is -2.72. The van der Waals surface area contributed by atoms with E-state index < -0.39 is 194 Å². The van der Waals surface area contributed by atoms with Crippen molar-refractivity contribution in [1.29, 1.82) is 0 Å². The fourth-order valence-electron chi connectivity index (χ4n) is 16.9. The smallest absolute Gasteiger partial charge is 0.314 e. The highest BCUT2D eigenvalue weighted by Crippen LogP contribution is 2.76. The van der Waals surface area contributed by atoms with Crippen molar-refractivity contribution in [2.24, 2.45) is 39.4 Å². The van der Waals surface area contributed by atoms with Crippen LogP contribution < -0.4 is 0 Å². The predicted molar refractivity (Wildman–Crippen MR) is 292 cm³/mol. The molecule has 11 N–H and O–H groups in total. The van der Waals surface area contributed by atoms with E-state index in [1.54, 1.807) is 0 Å². The third-order valence-electron chi connectivity index (χ3n) is 21.3. The molecule has 0 aromatic carbocycles. The van der Waals surface area contributed by atoms with Gasteiger partial charge in [0.05, 0.1) is 50.0 Å². The molecule has 26 heteroatoms. The van der Waals surface area contributed by atoms with Crippen LogP contribution in [-0.2, 0) is 71.2 Å². The van der Waals surface area contributed by atoms with Crippen LogP contribution in [0.25, 0.3) is 0 Å². The van der Waals surface area contributed by atoms with Gasteiger partial charge in [-0.2, -0.15) is 0 Å². The van der Waals surface area contributed by atoms with Gasteiger partial charge in [-0.1, -0.05) is 57.1 Å². The first-order valence-corrected chi connectivity index (χ1v) is 30.3. The molecule has 3 saturated carbocycles. The van der Waals surface area contributed by atoms with E-state index in [1.807, 2.05) is 39.0 Å². The molecule has 10 rings (SSSR count). The first-order valence-electron chi connectivity index (χ1n) is 30.3. The summed E-state index contributed by atoms with van der Waals surface area (Å²) in [5.41, 5.74) is -1.32. The maximum absolute atomic E-state index is 14.7. The van der Waals surface area contributed by atoms with Gasteiger partial charge in [0.2, 0.25) is 0 Å². The summed E-state index contributed by atoms with van der Waals surface area (Å²) in [4.78, 5) is 27.5. The largest absolute Gasteiger partial charge is 0.462 e. The standard InChI is InChI=1S/C60H92O26/c1-25(2)12-11-17-59(9)49-33(79-27(4)62)20-58(8)29-13-14-35-56(5,6)36(16-18-57(35,7)28(29)15-19-60(49,58)55(73)86-59)81-53-47(38(67)31(64)23-77-53)85-54-48(84-50-40(69)37(66)30(63)22-75-50)41(70)44(26(3)78-54)82-52-43(72)46(39(68)34(21-61)80-52)83-51-42(71)45(74-10)32(65)24-76-51/h11-13,17,26,28,30-54,61,63-72H,14-16,18-24H2,1-10H3/b17-11+. The van der Waals surface area contributed by atoms with E-state index in [0.717, 1.165) is 5.57 Å². The molecule has 31 unspecified atom stereocenters. The Labute approximate surface area is 500 Å². The number of hydrogen-bond donors (Lipinski definition) is 11. The van der Waals surface area contributed by atoms with Crippen LogP contribution in [0.15, 0.2) is 35.5 Å². The SMILES string of the molecule is COC1C(O)COC(OC2C(O)C(CO)OC(OC3C(C)OC(OC4C(OC5CCC6(C)C7CCC89C(=O)OC(C)(/C=C/C=C(C)C)C8C(OC(C)=O)CC9(C)C7=CCC6C5(C)C)OCC(O)C4O)C(OC4OCC(O)C(O)C4O)C3O)C2O)C1O. The number of methoxy groups -OCH3 is 1. The molecule has 26 nitrogen and oxygen atoms in total. The topological polar surface area (TPSA) is 377 Å². The Kier molecular flexibility index (Phi) is 19.3. The lowest BCUT2D eigenvalue weighted by Gasteiger charge is -2.63. The number of hydrogen-bond acceptors (Lipinski definition) is 26. The predicted octanol–water partition coefficient (Wildman–Crippen LogP) is -0.968. The number of esters is 2.